The Morgan fingerprint density at radius 3 is 2.42 bits per heavy atom. The number of rotatable bonds is 5. The molecule has 140 valence electrons. The van der Waals surface area contributed by atoms with Gasteiger partial charge in [0.25, 0.3) is 5.91 Å². The van der Waals surface area contributed by atoms with Gasteiger partial charge in [0, 0.05) is 17.5 Å². The standard InChI is InChI=1S/C18H22N2O5S/c21-14-5-3-12(4-6-14)19-18(22)17-10-11-9-15(7-8-16(11)25-17)26(23,24)20-13-1-2-13/h7-10,12-14,20-21H,1-6H2,(H,19,22). The second kappa shape index (κ2) is 6.68. The molecular formula is C18H22N2O5S. The van der Waals surface area contributed by atoms with E-state index in [1.54, 1.807) is 12.1 Å². The van der Waals surface area contributed by atoms with Gasteiger partial charge < -0.3 is 14.8 Å². The first-order valence-corrected chi connectivity index (χ1v) is 10.4. The molecule has 26 heavy (non-hydrogen) atoms. The lowest BCUT2D eigenvalue weighted by atomic mass is 9.93. The van der Waals surface area contributed by atoms with E-state index >= 15 is 0 Å². The lowest BCUT2D eigenvalue weighted by Crippen LogP contribution is -2.38. The van der Waals surface area contributed by atoms with Crippen LogP contribution in [0.25, 0.3) is 11.0 Å². The van der Waals surface area contributed by atoms with Crippen LogP contribution < -0.4 is 10.0 Å². The van der Waals surface area contributed by atoms with Crippen LogP contribution in [-0.2, 0) is 10.0 Å². The summed E-state index contributed by atoms with van der Waals surface area (Å²) in [4.78, 5) is 12.6. The van der Waals surface area contributed by atoms with Gasteiger partial charge in [0.1, 0.15) is 5.58 Å². The number of nitrogens with one attached hydrogen (secondary N) is 2. The molecule has 8 heteroatoms. The van der Waals surface area contributed by atoms with Crippen molar-refractivity contribution in [2.45, 2.75) is 61.6 Å². The fourth-order valence-corrected chi connectivity index (χ4v) is 4.61. The third-order valence-corrected chi connectivity index (χ3v) is 6.47. The number of hydrogen-bond donors (Lipinski definition) is 3. The quantitative estimate of drug-likeness (QED) is 0.736. The van der Waals surface area contributed by atoms with Crippen molar-refractivity contribution in [3.05, 3.63) is 30.0 Å². The summed E-state index contributed by atoms with van der Waals surface area (Å²) in [6.07, 6.45) is 4.30. The average Bonchev–Trinajstić information content (AvgIpc) is 3.30. The van der Waals surface area contributed by atoms with Crippen LogP contribution in [0.2, 0.25) is 0 Å². The van der Waals surface area contributed by atoms with E-state index in [2.05, 4.69) is 10.0 Å². The maximum Gasteiger partial charge on any atom is 0.287 e. The average molecular weight is 378 g/mol. The molecule has 0 atom stereocenters. The molecule has 0 unspecified atom stereocenters. The Kier molecular flexibility index (Phi) is 4.50. The van der Waals surface area contributed by atoms with E-state index in [1.807, 2.05) is 0 Å². The molecule has 0 saturated heterocycles. The summed E-state index contributed by atoms with van der Waals surface area (Å²) < 4.78 is 32.8. The third-order valence-electron chi connectivity index (χ3n) is 4.95. The van der Waals surface area contributed by atoms with E-state index in [4.69, 9.17) is 4.42 Å². The lowest BCUT2D eigenvalue weighted by Gasteiger charge is -2.25. The highest BCUT2D eigenvalue weighted by Gasteiger charge is 2.28. The van der Waals surface area contributed by atoms with E-state index in [9.17, 15) is 18.3 Å². The molecule has 2 aliphatic rings. The SMILES string of the molecule is O=C(NC1CCC(O)CC1)c1cc2cc(S(=O)(=O)NC3CC3)ccc2o1. The van der Waals surface area contributed by atoms with Crippen LogP contribution in [-0.4, -0.2) is 37.6 Å². The second-order valence-electron chi connectivity index (χ2n) is 7.18. The second-order valence-corrected chi connectivity index (χ2v) is 8.90. The fourth-order valence-electron chi connectivity index (χ4n) is 3.27. The molecule has 1 heterocycles. The van der Waals surface area contributed by atoms with Gasteiger partial charge in [-0.2, -0.15) is 0 Å². The van der Waals surface area contributed by atoms with Gasteiger partial charge in [-0.1, -0.05) is 0 Å². The maximum atomic E-state index is 12.4. The summed E-state index contributed by atoms with van der Waals surface area (Å²) in [6.45, 7) is 0. The number of fused-ring (bicyclic) bond motifs is 1. The molecule has 7 nitrogen and oxygen atoms in total. The van der Waals surface area contributed by atoms with Crippen molar-refractivity contribution >= 4 is 26.9 Å². The van der Waals surface area contributed by atoms with Gasteiger partial charge in [0.2, 0.25) is 10.0 Å². The van der Waals surface area contributed by atoms with Crippen LogP contribution in [0, 0.1) is 0 Å². The molecule has 2 aromatic rings. The largest absolute Gasteiger partial charge is 0.451 e. The predicted octanol–water partition coefficient (Wildman–Crippen LogP) is 1.91. The number of benzene rings is 1. The van der Waals surface area contributed by atoms with Gasteiger partial charge in [0.05, 0.1) is 11.0 Å². The van der Waals surface area contributed by atoms with Crippen molar-refractivity contribution in [1.29, 1.82) is 0 Å². The summed E-state index contributed by atoms with van der Waals surface area (Å²) >= 11 is 0. The van der Waals surface area contributed by atoms with E-state index in [0.29, 0.717) is 23.8 Å². The minimum absolute atomic E-state index is 0.0257. The Morgan fingerprint density at radius 1 is 1.04 bits per heavy atom. The van der Waals surface area contributed by atoms with Gasteiger partial charge in [0.15, 0.2) is 5.76 Å². The summed E-state index contributed by atoms with van der Waals surface area (Å²) in [5, 5.41) is 13.0. The summed E-state index contributed by atoms with van der Waals surface area (Å²) in [7, 11) is -3.54. The molecule has 2 saturated carbocycles. The first-order chi connectivity index (χ1) is 12.4. The van der Waals surface area contributed by atoms with E-state index in [0.717, 1.165) is 25.7 Å². The minimum atomic E-state index is -3.54. The van der Waals surface area contributed by atoms with Crippen LogP contribution in [0.15, 0.2) is 33.6 Å². The molecule has 3 N–H and O–H groups in total. The zero-order valence-corrected chi connectivity index (χ0v) is 15.1. The zero-order chi connectivity index (χ0) is 18.3. The molecule has 1 aromatic heterocycles. The number of furan rings is 1. The first kappa shape index (κ1) is 17.5. The molecule has 2 aliphatic carbocycles. The Bertz CT molecular complexity index is 924. The number of amides is 1. The molecule has 0 aliphatic heterocycles. The highest BCUT2D eigenvalue weighted by Crippen LogP contribution is 2.26. The minimum Gasteiger partial charge on any atom is -0.451 e. The van der Waals surface area contributed by atoms with Crippen molar-refractivity contribution in [3.8, 4) is 0 Å². The van der Waals surface area contributed by atoms with E-state index in [-0.39, 0.29) is 34.8 Å². The summed E-state index contributed by atoms with van der Waals surface area (Å²) in [6, 6.07) is 6.22. The van der Waals surface area contributed by atoms with Crippen molar-refractivity contribution in [1.82, 2.24) is 10.0 Å². The van der Waals surface area contributed by atoms with E-state index in [1.165, 1.54) is 12.1 Å². The van der Waals surface area contributed by atoms with Gasteiger partial charge in [-0.15, -0.1) is 0 Å². The van der Waals surface area contributed by atoms with Crippen LogP contribution in [0.4, 0.5) is 0 Å². The summed E-state index contributed by atoms with van der Waals surface area (Å²) in [5.41, 5.74) is 0.472. The number of carbonyl (C=O) groups is 1. The fraction of sp³-hybridized carbons (Fsp3) is 0.500. The van der Waals surface area contributed by atoms with Gasteiger partial charge in [-0.25, -0.2) is 13.1 Å². The van der Waals surface area contributed by atoms with Crippen molar-refractivity contribution in [2.75, 3.05) is 0 Å². The Morgan fingerprint density at radius 2 is 1.73 bits per heavy atom. The van der Waals surface area contributed by atoms with Crippen LogP contribution in [0.5, 0.6) is 0 Å². The smallest absolute Gasteiger partial charge is 0.287 e. The number of sulfonamides is 1. The molecule has 0 spiro atoms. The lowest BCUT2D eigenvalue weighted by molar-refractivity contribution is 0.0845. The number of carbonyl (C=O) groups excluding carboxylic acids is 1. The zero-order valence-electron chi connectivity index (χ0n) is 14.3. The number of aliphatic hydroxyl groups is 1. The van der Waals surface area contributed by atoms with Crippen LogP contribution in [0.1, 0.15) is 49.1 Å². The molecular weight excluding hydrogens is 356 g/mol. The van der Waals surface area contributed by atoms with Crippen molar-refractivity contribution < 1.29 is 22.7 Å². The van der Waals surface area contributed by atoms with Gasteiger partial charge in [-0.3, -0.25) is 4.79 Å². The van der Waals surface area contributed by atoms with Crippen LogP contribution >= 0.6 is 0 Å². The van der Waals surface area contributed by atoms with Gasteiger partial charge in [-0.05, 0) is 62.8 Å². The monoisotopic (exact) mass is 378 g/mol. The molecule has 0 radical (unpaired) electrons. The molecule has 4 rings (SSSR count). The highest BCUT2D eigenvalue weighted by molar-refractivity contribution is 7.89. The Labute approximate surface area is 151 Å². The Hall–Kier alpha value is -1.90. The van der Waals surface area contributed by atoms with Crippen molar-refractivity contribution in [3.63, 3.8) is 0 Å². The van der Waals surface area contributed by atoms with Crippen LogP contribution in [0.3, 0.4) is 0 Å². The third kappa shape index (κ3) is 3.77. The molecule has 0 bridgehead atoms. The predicted molar refractivity (Wildman–Crippen MR) is 95.3 cm³/mol. The molecule has 2 fully saturated rings. The summed E-state index contributed by atoms with van der Waals surface area (Å²) in [5.74, 6) is -0.154. The number of aliphatic hydroxyl groups excluding tert-OH is 1. The topological polar surface area (TPSA) is 109 Å². The molecule has 1 amide bonds. The first-order valence-electron chi connectivity index (χ1n) is 8.95. The highest BCUT2D eigenvalue weighted by atomic mass is 32.2. The Balaban J connectivity index is 1.51. The molecule has 1 aromatic carbocycles. The van der Waals surface area contributed by atoms with Crippen molar-refractivity contribution in [2.24, 2.45) is 0 Å². The normalized spacial score (nSPS) is 23.9. The van der Waals surface area contributed by atoms with E-state index < -0.39 is 10.0 Å². The number of hydrogen-bond acceptors (Lipinski definition) is 5. The van der Waals surface area contributed by atoms with Gasteiger partial charge >= 0.3 is 0 Å². The maximum absolute atomic E-state index is 12.4.